The van der Waals surface area contributed by atoms with Crippen LogP contribution in [0.15, 0.2) is 23.8 Å². The van der Waals surface area contributed by atoms with Gasteiger partial charge in [-0.3, -0.25) is 0 Å². The van der Waals surface area contributed by atoms with Gasteiger partial charge in [-0.1, -0.05) is 23.7 Å². The molecule has 0 saturated heterocycles. The lowest BCUT2D eigenvalue weighted by Crippen LogP contribution is -2.04. The molecule has 3 heteroatoms. The van der Waals surface area contributed by atoms with E-state index >= 15 is 0 Å². The minimum atomic E-state index is -0.280. The van der Waals surface area contributed by atoms with Crippen molar-refractivity contribution in [3.05, 3.63) is 39.9 Å². The lowest BCUT2D eigenvalue weighted by atomic mass is 10.1. The summed E-state index contributed by atoms with van der Waals surface area (Å²) in [6, 6.07) is 5.64. The van der Waals surface area contributed by atoms with E-state index in [2.05, 4.69) is 4.74 Å². The summed E-state index contributed by atoms with van der Waals surface area (Å²) in [4.78, 5) is 11.3. The maximum absolute atomic E-state index is 11.3. The van der Waals surface area contributed by atoms with E-state index in [0.717, 1.165) is 11.1 Å². The number of carbonyl (C=O) groups is 1. The van der Waals surface area contributed by atoms with Gasteiger partial charge in [0.2, 0.25) is 0 Å². The number of halogens is 1. The van der Waals surface area contributed by atoms with E-state index in [-0.39, 0.29) is 5.97 Å². The van der Waals surface area contributed by atoms with Crippen LogP contribution in [0.1, 0.15) is 11.1 Å². The molecule has 0 radical (unpaired) electrons. The van der Waals surface area contributed by atoms with Crippen molar-refractivity contribution in [2.75, 3.05) is 7.11 Å². The van der Waals surface area contributed by atoms with Gasteiger partial charge in [0.25, 0.3) is 0 Å². The summed E-state index contributed by atoms with van der Waals surface area (Å²) in [5.74, 6) is -0.280. The van der Waals surface area contributed by atoms with Crippen molar-refractivity contribution >= 4 is 23.6 Å². The van der Waals surface area contributed by atoms with E-state index in [0.29, 0.717) is 17.0 Å². The van der Waals surface area contributed by atoms with E-state index < -0.39 is 0 Å². The zero-order valence-corrected chi connectivity index (χ0v) is 8.47. The van der Waals surface area contributed by atoms with Crippen molar-refractivity contribution in [2.24, 2.45) is 0 Å². The number of carbonyl (C=O) groups excluding carboxylic acids is 1. The highest BCUT2D eigenvalue weighted by atomic mass is 35.5. The highest BCUT2D eigenvalue weighted by molar-refractivity contribution is 6.31. The van der Waals surface area contributed by atoms with Gasteiger partial charge in [0, 0.05) is 17.0 Å². The predicted octanol–water partition coefficient (Wildman–Crippen LogP) is 2.45. The molecule has 2 rings (SSSR count). The molecule has 0 amide bonds. The summed E-state index contributed by atoms with van der Waals surface area (Å²) >= 11 is 6.00. The third kappa shape index (κ3) is 1.42. The molecule has 0 spiro atoms. The van der Waals surface area contributed by atoms with Gasteiger partial charge in [-0.05, 0) is 23.3 Å². The summed E-state index contributed by atoms with van der Waals surface area (Å²) < 4.78 is 4.65. The Balaban J connectivity index is 2.37. The number of methoxy groups -OCH3 is 1. The van der Waals surface area contributed by atoms with E-state index in [1.54, 1.807) is 0 Å². The maximum atomic E-state index is 11.3. The molecular formula is C11H9ClO2. The molecule has 72 valence electrons. The molecule has 0 bridgehead atoms. The SMILES string of the molecule is COC(=O)C1=Cc2cccc(Cl)c2C1. The first-order valence-electron chi connectivity index (χ1n) is 4.28. The van der Waals surface area contributed by atoms with Gasteiger partial charge < -0.3 is 4.74 Å². The fourth-order valence-corrected chi connectivity index (χ4v) is 1.84. The van der Waals surface area contributed by atoms with Crippen LogP contribution >= 0.6 is 11.6 Å². The van der Waals surface area contributed by atoms with Crippen LogP contribution in [-0.4, -0.2) is 13.1 Å². The molecule has 0 fully saturated rings. The molecule has 0 aromatic heterocycles. The monoisotopic (exact) mass is 208 g/mol. The lowest BCUT2D eigenvalue weighted by molar-refractivity contribution is -0.136. The number of benzene rings is 1. The first-order valence-corrected chi connectivity index (χ1v) is 4.66. The van der Waals surface area contributed by atoms with E-state index in [9.17, 15) is 4.79 Å². The fraction of sp³-hybridized carbons (Fsp3) is 0.182. The summed E-state index contributed by atoms with van der Waals surface area (Å²) in [6.07, 6.45) is 2.40. The topological polar surface area (TPSA) is 26.3 Å². The standard InChI is InChI=1S/C11H9ClO2/c1-14-11(13)8-5-7-3-2-4-10(12)9(7)6-8/h2-5H,6H2,1H3. The summed E-state index contributed by atoms with van der Waals surface area (Å²) in [5.41, 5.74) is 2.68. The smallest absolute Gasteiger partial charge is 0.334 e. The fourth-order valence-electron chi connectivity index (χ4n) is 1.59. The van der Waals surface area contributed by atoms with Crippen molar-refractivity contribution in [1.82, 2.24) is 0 Å². The van der Waals surface area contributed by atoms with Crippen molar-refractivity contribution < 1.29 is 9.53 Å². The third-order valence-electron chi connectivity index (χ3n) is 2.30. The summed E-state index contributed by atoms with van der Waals surface area (Å²) in [6.45, 7) is 0. The normalized spacial score (nSPS) is 13.4. The maximum Gasteiger partial charge on any atom is 0.334 e. The zero-order valence-electron chi connectivity index (χ0n) is 7.71. The largest absolute Gasteiger partial charge is 0.466 e. The van der Waals surface area contributed by atoms with Crippen LogP contribution in [0.25, 0.3) is 6.08 Å². The zero-order chi connectivity index (χ0) is 10.1. The Morgan fingerprint density at radius 1 is 1.50 bits per heavy atom. The minimum absolute atomic E-state index is 0.280. The van der Waals surface area contributed by atoms with Gasteiger partial charge in [-0.25, -0.2) is 4.79 Å². The van der Waals surface area contributed by atoms with E-state index in [1.165, 1.54) is 7.11 Å². The van der Waals surface area contributed by atoms with E-state index in [4.69, 9.17) is 11.6 Å². The van der Waals surface area contributed by atoms with Gasteiger partial charge in [0.1, 0.15) is 0 Å². The van der Waals surface area contributed by atoms with Crippen LogP contribution in [-0.2, 0) is 16.0 Å². The second kappa shape index (κ2) is 3.46. The van der Waals surface area contributed by atoms with Crippen molar-refractivity contribution in [3.63, 3.8) is 0 Å². The van der Waals surface area contributed by atoms with Gasteiger partial charge in [0.05, 0.1) is 7.11 Å². The average Bonchev–Trinajstić information content (AvgIpc) is 2.62. The number of fused-ring (bicyclic) bond motifs is 1. The molecule has 1 aliphatic rings. The Morgan fingerprint density at radius 2 is 2.29 bits per heavy atom. The number of hydrogen-bond donors (Lipinski definition) is 0. The van der Waals surface area contributed by atoms with Gasteiger partial charge in [-0.2, -0.15) is 0 Å². The Morgan fingerprint density at radius 3 is 2.93 bits per heavy atom. The molecule has 2 nitrogen and oxygen atoms in total. The molecule has 0 unspecified atom stereocenters. The van der Waals surface area contributed by atoms with Crippen LogP contribution in [0, 0.1) is 0 Å². The minimum Gasteiger partial charge on any atom is -0.466 e. The number of ether oxygens (including phenoxy) is 1. The summed E-state index contributed by atoms with van der Waals surface area (Å²) in [5, 5.41) is 0.706. The average molecular weight is 209 g/mol. The number of hydrogen-bond acceptors (Lipinski definition) is 2. The van der Waals surface area contributed by atoms with Crippen LogP contribution < -0.4 is 0 Å². The molecule has 0 atom stereocenters. The van der Waals surface area contributed by atoms with Crippen molar-refractivity contribution in [2.45, 2.75) is 6.42 Å². The number of esters is 1. The van der Waals surface area contributed by atoms with E-state index in [1.807, 2.05) is 24.3 Å². The first kappa shape index (κ1) is 9.28. The molecule has 1 aromatic rings. The predicted molar refractivity (Wildman–Crippen MR) is 55.1 cm³/mol. The molecule has 1 aromatic carbocycles. The molecule has 1 aliphatic carbocycles. The van der Waals surface area contributed by atoms with Gasteiger partial charge in [0.15, 0.2) is 0 Å². The molecular weight excluding hydrogens is 200 g/mol. The Kier molecular flexibility index (Phi) is 2.30. The Bertz CT molecular complexity index is 421. The lowest BCUT2D eigenvalue weighted by Gasteiger charge is -2.01. The van der Waals surface area contributed by atoms with Crippen LogP contribution in [0.4, 0.5) is 0 Å². The second-order valence-corrected chi connectivity index (χ2v) is 3.55. The molecule has 14 heavy (non-hydrogen) atoms. The van der Waals surface area contributed by atoms with Crippen LogP contribution in [0.5, 0.6) is 0 Å². The quantitative estimate of drug-likeness (QED) is 0.663. The number of rotatable bonds is 1. The van der Waals surface area contributed by atoms with Crippen LogP contribution in [0.2, 0.25) is 5.02 Å². The summed E-state index contributed by atoms with van der Waals surface area (Å²) in [7, 11) is 1.38. The first-order chi connectivity index (χ1) is 6.72. The van der Waals surface area contributed by atoms with Gasteiger partial charge >= 0.3 is 5.97 Å². The molecule has 0 heterocycles. The Hall–Kier alpha value is -1.28. The van der Waals surface area contributed by atoms with Gasteiger partial charge in [-0.15, -0.1) is 0 Å². The highest BCUT2D eigenvalue weighted by Gasteiger charge is 2.20. The molecule has 0 saturated carbocycles. The van der Waals surface area contributed by atoms with Crippen LogP contribution in [0.3, 0.4) is 0 Å². The molecule has 0 aliphatic heterocycles. The molecule has 0 N–H and O–H groups in total. The highest BCUT2D eigenvalue weighted by Crippen LogP contribution is 2.30. The van der Waals surface area contributed by atoms with Crippen molar-refractivity contribution in [1.29, 1.82) is 0 Å². The van der Waals surface area contributed by atoms with Crippen molar-refractivity contribution in [3.8, 4) is 0 Å². The second-order valence-electron chi connectivity index (χ2n) is 3.15. The third-order valence-corrected chi connectivity index (χ3v) is 2.65. The Labute approximate surface area is 87.1 Å².